The molecule has 0 atom stereocenters. The number of aryl methyl sites for hydroxylation is 2. The molecule has 0 amide bonds. The topological polar surface area (TPSA) is 30.0 Å². The Labute approximate surface area is 146 Å². The van der Waals surface area contributed by atoms with Crippen LogP contribution in [0.4, 0.5) is 5.69 Å². The van der Waals surface area contributed by atoms with Crippen LogP contribution in [-0.4, -0.2) is 67.8 Å². The van der Waals surface area contributed by atoms with Crippen molar-refractivity contribution >= 4 is 5.69 Å². The highest BCUT2D eigenvalue weighted by molar-refractivity contribution is 5.69. The van der Waals surface area contributed by atoms with Crippen molar-refractivity contribution < 1.29 is 5.11 Å². The number of phenols is 1. The molecule has 3 heterocycles. The predicted octanol–water partition coefficient (Wildman–Crippen LogP) is 2.27. The summed E-state index contributed by atoms with van der Waals surface area (Å²) in [5.74, 6) is 0.610. The lowest BCUT2D eigenvalue weighted by Gasteiger charge is -2.37. The summed E-state index contributed by atoms with van der Waals surface area (Å²) in [6.07, 6.45) is 6.85. The summed E-state index contributed by atoms with van der Waals surface area (Å²) in [5.41, 5.74) is 5.31. The van der Waals surface area contributed by atoms with Gasteiger partial charge in [0, 0.05) is 50.5 Å². The van der Waals surface area contributed by atoms with Gasteiger partial charge in [0.05, 0.1) is 0 Å². The summed E-state index contributed by atoms with van der Waals surface area (Å²) in [7, 11) is 2.21. The molecule has 0 spiro atoms. The van der Waals surface area contributed by atoms with Crippen molar-refractivity contribution in [1.29, 1.82) is 0 Å². The van der Waals surface area contributed by atoms with E-state index in [0.717, 1.165) is 25.8 Å². The number of likely N-dealkylation sites (N-methyl/N-ethyl adjacent to an activating group) is 1. The lowest BCUT2D eigenvalue weighted by Crippen LogP contribution is -2.44. The number of aromatic hydroxyl groups is 1. The van der Waals surface area contributed by atoms with Crippen LogP contribution < -0.4 is 4.90 Å². The summed E-state index contributed by atoms with van der Waals surface area (Å²) in [6.45, 7) is 8.24. The first-order valence-corrected chi connectivity index (χ1v) is 9.75. The second kappa shape index (κ2) is 6.93. The van der Waals surface area contributed by atoms with Crippen molar-refractivity contribution in [3.8, 4) is 5.75 Å². The van der Waals surface area contributed by atoms with E-state index in [4.69, 9.17) is 0 Å². The van der Waals surface area contributed by atoms with Gasteiger partial charge in [-0.1, -0.05) is 6.07 Å². The fourth-order valence-electron chi connectivity index (χ4n) is 4.67. The third-order valence-corrected chi connectivity index (χ3v) is 6.09. The Kier molecular flexibility index (Phi) is 4.68. The van der Waals surface area contributed by atoms with E-state index in [1.165, 1.54) is 80.9 Å². The molecule has 24 heavy (non-hydrogen) atoms. The van der Waals surface area contributed by atoms with E-state index >= 15 is 0 Å². The molecule has 4 nitrogen and oxygen atoms in total. The maximum atomic E-state index is 10.8. The number of rotatable bonds is 4. The van der Waals surface area contributed by atoms with Crippen molar-refractivity contribution in [3.63, 3.8) is 0 Å². The zero-order valence-corrected chi connectivity index (χ0v) is 15.1. The number of piperazine rings is 1. The van der Waals surface area contributed by atoms with Crippen molar-refractivity contribution in [2.75, 3.05) is 57.8 Å². The van der Waals surface area contributed by atoms with Gasteiger partial charge in [-0.15, -0.1) is 0 Å². The molecule has 0 saturated carbocycles. The van der Waals surface area contributed by atoms with Gasteiger partial charge >= 0.3 is 0 Å². The standard InChI is InChI=1S/C20H31N3O/c1-21-11-13-22(14-12-21)8-2-6-17-15-16-5-3-9-23-10-4-7-18(19(16)23)20(17)24/h15,24H,2-14H2,1H3. The van der Waals surface area contributed by atoms with Crippen molar-refractivity contribution in [3.05, 3.63) is 22.8 Å². The Morgan fingerprint density at radius 3 is 2.54 bits per heavy atom. The number of hydrogen-bond acceptors (Lipinski definition) is 4. The summed E-state index contributed by atoms with van der Waals surface area (Å²) >= 11 is 0. The molecule has 0 aromatic heterocycles. The lowest BCUT2D eigenvalue weighted by atomic mass is 9.88. The summed E-state index contributed by atoms with van der Waals surface area (Å²) < 4.78 is 0. The van der Waals surface area contributed by atoms with Crippen LogP contribution in [0.2, 0.25) is 0 Å². The van der Waals surface area contributed by atoms with Gasteiger partial charge in [-0.2, -0.15) is 0 Å². The van der Waals surface area contributed by atoms with E-state index in [1.807, 2.05) is 0 Å². The summed E-state index contributed by atoms with van der Waals surface area (Å²) in [6, 6.07) is 2.32. The Morgan fingerprint density at radius 2 is 1.75 bits per heavy atom. The van der Waals surface area contributed by atoms with Crippen LogP contribution in [0.3, 0.4) is 0 Å². The molecule has 1 saturated heterocycles. The molecule has 1 aromatic rings. The van der Waals surface area contributed by atoms with E-state index in [1.54, 1.807) is 0 Å². The Balaban J connectivity index is 1.44. The van der Waals surface area contributed by atoms with Crippen molar-refractivity contribution in [2.45, 2.75) is 38.5 Å². The molecular formula is C20H31N3O. The highest BCUT2D eigenvalue weighted by atomic mass is 16.3. The number of hydrogen-bond donors (Lipinski definition) is 1. The monoisotopic (exact) mass is 329 g/mol. The normalized spacial score (nSPS) is 21.8. The van der Waals surface area contributed by atoms with Gasteiger partial charge in [0.15, 0.2) is 0 Å². The van der Waals surface area contributed by atoms with Gasteiger partial charge in [0.25, 0.3) is 0 Å². The Bertz CT molecular complexity index is 591. The van der Waals surface area contributed by atoms with Crippen LogP contribution >= 0.6 is 0 Å². The molecule has 3 aliphatic heterocycles. The minimum Gasteiger partial charge on any atom is -0.507 e. The molecule has 1 N–H and O–H groups in total. The average molecular weight is 329 g/mol. The van der Waals surface area contributed by atoms with E-state index in [9.17, 15) is 5.11 Å². The van der Waals surface area contributed by atoms with E-state index < -0.39 is 0 Å². The van der Waals surface area contributed by atoms with Crippen LogP contribution in [0, 0.1) is 0 Å². The zero-order valence-electron chi connectivity index (χ0n) is 15.1. The van der Waals surface area contributed by atoms with E-state index in [0.29, 0.717) is 5.75 Å². The maximum absolute atomic E-state index is 10.8. The number of benzene rings is 1. The van der Waals surface area contributed by atoms with E-state index in [-0.39, 0.29) is 0 Å². The second-order valence-electron chi connectivity index (χ2n) is 7.81. The molecule has 0 aliphatic carbocycles. The van der Waals surface area contributed by atoms with Crippen LogP contribution in [-0.2, 0) is 19.3 Å². The molecule has 132 valence electrons. The minimum atomic E-state index is 0.610. The van der Waals surface area contributed by atoms with Gasteiger partial charge in [0.2, 0.25) is 0 Å². The SMILES string of the molecule is CN1CCN(CCCc2cc3c4c(c2O)CCCN4CCC3)CC1. The maximum Gasteiger partial charge on any atom is 0.124 e. The van der Waals surface area contributed by atoms with Crippen molar-refractivity contribution in [2.24, 2.45) is 0 Å². The summed E-state index contributed by atoms with van der Waals surface area (Å²) in [4.78, 5) is 7.48. The largest absolute Gasteiger partial charge is 0.507 e. The Morgan fingerprint density at radius 1 is 1.00 bits per heavy atom. The molecule has 0 unspecified atom stereocenters. The second-order valence-corrected chi connectivity index (χ2v) is 7.81. The first-order chi connectivity index (χ1) is 11.7. The number of anilines is 1. The fraction of sp³-hybridized carbons (Fsp3) is 0.700. The van der Waals surface area contributed by atoms with E-state index in [2.05, 4.69) is 27.8 Å². The van der Waals surface area contributed by atoms with Gasteiger partial charge in [0.1, 0.15) is 5.75 Å². The van der Waals surface area contributed by atoms with Crippen LogP contribution in [0.15, 0.2) is 6.07 Å². The molecule has 1 aromatic carbocycles. The van der Waals surface area contributed by atoms with Gasteiger partial charge < -0.3 is 19.8 Å². The first-order valence-electron chi connectivity index (χ1n) is 9.75. The smallest absolute Gasteiger partial charge is 0.124 e. The molecule has 0 radical (unpaired) electrons. The van der Waals surface area contributed by atoms with Gasteiger partial charge in [-0.3, -0.25) is 0 Å². The lowest BCUT2D eigenvalue weighted by molar-refractivity contribution is 0.153. The molecular weight excluding hydrogens is 298 g/mol. The first kappa shape index (κ1) is 16.2. The van der Waals surface area contributed by atoms with Crippen LogP contribution in [0.1, 0.15) is 36.0 Å². The molecule has 0 bridgehead atoms. The van der Waals surface area contributed by atoms with Gasteiger partial charge in [-0.25, -0.2) is 0 Å². The fourth-order valence-corrected chi connectivity index (χ4v) is 4.67. The molecule has 4 heteroatoms. The average Bonchev–Trinajstić information content (AvgIpc) is 2.61. The minimum absolute atomic E-state index is 0.610. The summed E-state index contributed by atoms with van der Waals surface area (Å²) in [5, 5.41) is 10.8. The molecule has 4 rings (SSSR count). The molecule has 1 fully saturated rings. The quantitative estimate of drug-likeness (QED) is 0.918. The number of phenolic OH excluding ortho intramolecular Hbond substituents is 1. The zero-order chi connectivity index (χ0) is 16.5. The molecule has 3 aliphatic rings. The highest BCUT2D eigenvalue weighted by Gasteiger charge is 2.27. The third-order valence-electron chi connectivity index (χ3n) is 6.09. The van der Waals surface area contributed by atoms with Crippen LogP contribution in [0.5, 0.6) is 5.75 Å². The highest BCUT2D eigenvalue weighted by Crippen LogP contribution is 2.42. The Hall–Kier alpha value is -1.26. The van der Waals surface area contributed by atoms with Gasteiger partial charge in [-0.05, 0) is 63.2 Å². The van der Waals surface area contributed by atoms with Crippen LogP contribution in [0.25, 0.3) is 0 Å². The van der Waals surface area contributed by atoms with Crippen molar-refractivity contribution in [1.82, 2.24) is 9.80 Å². The predicted molar refractivity (Wildman–Crippen MR) is 99.2 cm³/mol. The number of nitrogens with zero attached hydrogens (tertiary/aromatic N) is 3. The third kappa shape index (κ3) is 3.14.